The second-order valence-corrected chi connectivity index (χ2v) is 4.98. The van der Waals surface area contributed by atoms with Gasteiger partial charge in [0.2, 0.25) is 0 Å². The first-order chi connectivity index (χ1) is 9.88. The molecule has 1 aromatic carbocycles. The molecule has 21 heavy (non-hydrogen) atoms. The number of rotatable bonds is 4. The number of aromatic nitrogens is 1. The quantitative estimate of drug-likeness (QED) is 0.666. The van der Waals surface area contributed by atoms with Crippen molar-refractivity contribution in [3.8, 4) is 11.6 Å². The van der Waals surface area contributed by atoms with Gasteiger partial charge in [0.25, 0.3) is 5.88 Å². The monoisotopic (exact) mass is 352 g/mol. The van der Waals surface area contributed by atoms with Crippen LogP contribution in [0.15, 0.2) is 34.9 Å². The highest BCUT2D eigenvalue weighted by molar-refractivity contribution is 9.10. The van der Waals surface area contributed by atoms with Crippen molar-refractivity contribution < 1.29 is 19.6 Å². The van der Waals surface area contributed by atoms with Crippen LogP contribution in [0.5, 0.6) is 11.6 Å². The van der Waals surface area contributed by atoms with Crippen molar-refractivity contribution in [2.75, 3.05) is 0 Å². The molecule has 0 amide bonds. The lowest BCUT2D eigenvalue weighted by molar-refractivity contribution is -0.386. The van der Waals surface area contributed by atoms with Crippen molar-refractivity contribution >= 4 is 27.6 Å². The normalized spacial score (nSPS) is 10.2. The molecule has 0 bridgehead atoms. The van der Waals surface area contributed by atoms with Crippen LogP contribution in [0, 0.1) is 17.0 Å². The molecule has 2 aromatic rings. The fourth-order valence-electron chi connectivity index (χ4n) is 1.56. The lowest BCUT2D eigenvalue weighted by Gasteiger charge is -2.07. The minimum Gasteiger partial charge on any atom is -0.478 e. The Labute approximate surface area is 127 Å². The molecule has 0 atom stereocenters. The number of aryl methyl sites for hydroxylation is 1. The van der Waals surface area contributed by atoms with Crippen molar-refractivity contribution in [3.05, 3.63) is 56.2 Å². The Balaban J connectivity index is 2.41. The van der Waals surface area contributed by atoms with E-state index in [0.717, 1.165) is 22.3 Å². The predicted octanol–water partition coefficient (Wildman–Crippen LogP) is 3.55. The van der Waals surface area contributed by atoms with Gasteiger partial charge in [0.1, 0.15) is 5.75 Å². The highest BCUT2D eigenvalue weighted by Crippen LogP contribution is 2.31. The van der Waals surface area contributed by atoms with Gasteiger partial charge in [-0.2, -0.15) is 0 Å². The average Bonchev–Trinajstić information content (AvgIpc) is 2.43. The van der Waals surface area contributed by atoms with E-state index in [0.29, 0.717) is 5.75 Å². The molecule has 1 N–H and O–H groups in total. The molecule has 2 rings (SSSR count). The molecule has 108 valence electrons. The number of nitrogens with zero attached hydrogens (tertiary/aromatic N) is 2. The van der Waals surface area contributed by atoms with E-state index < -0.39 is 16.6 Å². The molecule has 0 spiro atoms. The summed E-state index contributed by atoms with van der Waals surface area (Å²) in [5.41, 5.74) is 0.105. The standard InChI is InChI=1S/C13H9BrN2O5/c1-7-4-9(2-3-10(7)14)21-12-11(16(19)20)5-8(6-15-12)13(17)18/h2-6H,1H3,(H,17,18). The number of carboxylic acids is 1. The van der Waals surface area contributed by atoms with Crippen molar-refractivity contribution in [1.82, 2.24) is 4.98 Å². The van der Waals surface area contributed by atoms with Crippen LogP contribution in [-0.4, -0.2) is 21.0 Å². The number of pyridine rings is 1. The number of carbonyl (C=O) groups is 1. The highest BCUT2D eigenvalue weighted by Gasteiger charge is 2.21. The first-order valence-electron chi connectivity index (χ1n) is 5.70. The molecule has 0 aliphatic rings. The molecule has 0 unspecified atom stereocenters. The third-order valence-corrected chi connectivity index (χ3v) is 3.51. The smallest absolute Gasteiger partial charge is 0.337 e. The Kier molecular flexibility index (Phi) is 4.18. The van der Waals surface area contributed by atoms with Gasteiger partial charge in [-0.3, -0.25) is 10.1 Å². The summed E-state index contributed by atoms with van der Waals surface area (Å²) < 4.78 is 6.25. The molecule has 0 fully saturated rings. The molecule has 0 aliphatic heterocycles. The van der Waals surface area contributed by atoms with Gasteiger partial charge in [0.15, 0.2) is 0 Å². The first kappa shape index (κ1) is 14.9. The number of hydrogen-bond donors (Lipinski definition) is 1. The summed E-state index contributed by atoms with van der Waals surface area (Å²) in [7, 11) is 0. The van der Waals surface area contributed by atoms with Crippen LogP contribution in [0.4, 0.5) is 5.69 Å². The van der Waals surface area contributed by atoms with Gasteiger partial charge >= 0.3 is 11.7 Å². The lowest BCUT2D eigenvalue weighted by Crippen LogP contribution is -2.02. The second kappa shape index (κ2) is 5.88. The van der Waals surface area contributed by atoms with Gasteiger partial charge in [-0.05, 0) is 30.7 Å². The molecule has 1 heterocycles. The Hall–Kier alpha value is -2.48. The Bertz CT molecular complexity index is 732. The van der Waals surface area contributed by atoms with Crippen LogP contribution in [0.1, 0.15) is 15.9 Å². The summed E-state index contributed by atoms with van der Waals surface area (Å²) in [6, 6.07) is 5.95. The van der Waals surface area contributed by atoms with Crippen LogP contribution in [0.2, 0.25) is 0 Å². The van der Waals surface area contributed by atoms with E-state index in [1.807, 2.05) is 6.92 Å². The molecular formula is C13H9BrN2O5. The molecule has 8 heteroatoms. The topological polar surface area (TPSA) is 103 Å². The molecule has 0 aliphatic carbocycles. The third-order valence-electron chi connectivity index (χ3n) is 2.62. The molecule has 1 aromatic heterocycles. The van der Waals surface area contributed by atoms with Gasteiger partial charge < -0.3 is 9.84 Å². The van der Waals surface area contributed by atoms with Gasteiger partial charge in [-0.1, -0.05) is 15.9 Å². The van der Waals surface area contributed by atoms with E-state index in [9.17, 15) is 14.9 Å². The minimum atomic E-state index is -1.29. The van der Waals surface area contributed by atoms with Gasteiger partial charge in [-0.25, -0.2) is 9.78 Å². The van der Waals surface area contributed by atoms with E-state index in [-0.39, 0.29) is 11.4 Å². The summed E-state index contributed by atoms with van der Waals surface area (Å²) >= 11 is 3.33. The van der Waals surface area contributed by atoms with E-state index in [1.165, 1.54) is 0 Å². The van der Waals surface area contributed by atoms with Crippen molar-refractivity contribution in [2.24, 2.45) is 0 Å². The molecule has 0 saturated carbocycles. The summed E-state index contributed by atoms with van der Waals surface area (Å²) in [6.45, 7) is 1.84. The maximum Gasteiger partial charge on any atom is 0.337 e. The Morgan fingerprint density at radius 3 is 2.71 bits per heavy atom. The van der Waals surface area contributed by atoms with E-state index >= 15 is 0 Å². The maximum absolute atomic E-state index is 11.0. The number of aromatic carboxylic acids is 1. The zero-order chi connectivity index (χ0) is 15.6. The Morgan fingerprint density at radius 2 is 2.14 bits per heavy atom. The second-order valence-electron chi connectivity index (χ2n) is 4.12. The van der Waals surface area contributed by atoms with Crippen LogP contribution < -0.4 is 4.74 Å². The number of benzene rings is 1. The van der Waals surface area contributed by atoms with Crippen molar-refractivity contribution in [3.63, 3.8) is 0 Å². The fourth-order valence-corrected chi connectivity index (χ4v) is 1.81. The number of nitro groups is 1. The number of ether oxygens (including phenoxy) is 1. The maximum atomic E-state index is 11.0. The van der Waals surface area contributed by atoms with Crippen LogP contribution in [-0.2, 0) is 0 Å². The summed E-state index contributed by atoms with van der Waals surface area (Å²) in [4.78, 5) is 24.8. The first-order valence-corrected chi connectivity index (χ1v) is 6.49. The molecule has 0 radical (unpaired) electrons. The zero-order valence-electron chi connectivity index (χ0n) is 10.7. The highest BCUT2D eigenvalue weighted by atomic mass is 79.9. The molecular weight excluding hydrogens is 344 g/mol. The van der Waals surface area contributed by atoms with Crippen LogP contribution in [0.25, 0.3) is 0 Å². The van der Waals surface area contributed by atoms with Gasteiger partial charge in [0, 0.05) is 16.7 Å². The largest absolute Gasteiger partial charge is 0.478 e. The third kappa shape index (κ3) is 3.34. The van der Waals surface area contributed by atoms with Crippen molar-refractivity contribution in [1.29, 1.82) is 0 Å². The lowest BCUT2D eigenvalue weighted by atomic mass is 10.2. The Morgan fingerprint density at radius 1 is 1.43 bits per heavy atom. The van der Waals surface area contributed by atoms with E-state index in [4.69, 9.17) is 9.84 Å². The van der Waals surface area contributed by atoms with Crippen LogP contribution >= 0.6 is 15.9 Å². The van der Waals surface area contributed by atoms with E-state index in [2.05, 4.69) is 20.9 Å². The SMILES string of the molecule is Cc1cc(Oc2ncc(C(=O)O)cc2[N+](=O)[O-])ccc1Br. The molecule has 7 nitrogen and oxygen atoms in total. The summed E-state index contributed by atoms with van der Waals surface area (Å²) in [5, 5.41) is 19.8. The number of hydrogen-bond acceptors (Lipinski definition) is 5. The summed E-state index contributed by atoms with van der Waals surface area (Å²) in [6.07, 6.45) is 1.01. The van der Waals surface area contributed by atoms with Gasteiger partial charge in [0.05, 0.1) is 10.5 Å². The predicted molar refractivity (Wildman–Crippen MR) is 76.8 cm³/mol. The van der Waals surface area contributed by atoms with Crippen molar-refractivity contribution in [2.45, 2.75) is 6.92 Å². The minimum absolute atomic E-state index is 0.258. The average molecular weight is 353 g/mol. The van der Waals surface area contributed by atoms with Crippen LogP contribution in [0.3, 0.4) is 0 Å². The van der Waals surface area contributed by atoms with Gasteiger partial charge in [-0.15, -0.1) is 0 Å². The fraction of sp³-hybridized carbons (Fsp3) is 0.0769. The molecule has 0 saturated heterocycles. The summed E-state index contributed by atoms with van der Waals surface area (Å²) in [5.74, 6) is -1.18. The number of halogens is 1. The number of carboxylic acid groups (broad SMARTS) is 1. The zero-order valence-corrected chi connectivity index (χ0v) is 12.3. The van der Waals surface area contributed by atoms with E-state index in [1.54, 1.807) is 18.2 Å².